The largest absolute Gasteiger partial charge is 0.469 e. The average molecular weight is 258 g/mol. The minimum Gasteiger partial charge on any atom is -0.469 e. The first-order valence-corrected chi connectivity index (χ1v) is 7.45. The second-order valence-corrected chi connectivity index (χ2v) is 5.03. The van der Waals surface area contributed by atoms with Gasteiger partial charge in [0.1, 0.15) is 0 Å². The highest BCUT2D eigenvalue weighted by atomic mass is 16.5. The van der Waals surface area contributed by atoms with E-state index in [2.05, 4.69) is 11.7 Å². The quantitative estimate of drug-likeness (QED) is 0.427. The van der Waals surface area contributed by atoms with E-state index in [4.69, 9.17) is 0 Å². The standard InChI is InChI=1S/C15H30O3/c1-3-4-11-14(16)12-9-7-5-6-8-10-13-15(17)18-2/h14,16H,3-13H2,1-2H3. The number of rotatable bonds is 12. The lowest BCUT2D eigenvalue weighted by atomic mass is 10.0. The van der Waals surface area contributed by atoms with E-state index in [-0.39, 0.29) is 12.1 Å². The SMILES string of the molecule is CCCCC(O)CCCCCCCCC(=O)OC. The van der Waals surface area contributed by atoms with Crippen LogP contribution in [-0.2, 0) is 9.53 Å². The number of aliphatic hydroxyl groups is 1. The maximum Gasteiger partial charge on any atom is 0.305 e. The molecule has 0 aliphatic rings. The van der Waals surface area contributed by atoms with Crippen LogP contribution in [-0.4, -0.2) is 24.3 Å². The van der Waals surface area contributed by atoms with Gasteiger partial charge in [-0.1, -0.05) is 51.9 Å². The van der Waals surface area contributed by atoms with Gasteiger partial charge >= 0.3 is 5.97 Å². The van der Waals surface area contributed by atoms with Crippen molar-refractivity contribution in [2.75, 3.05) is 7.11 Å². The molecule has 1 N–H and O–H groups in total. The zero-order valence-electron chi connectivity index (χ0n) is 12.1. The Bertz CT molecular complexity index is 192. The monoisotopic (exact) mass is 258 g/mol. The number of hydrogen-bond donors (Lipinski definition) is 1. The van der Waals surface area contributed by atoms with E-state index in [9.17, 15) is 9.90 Å². The van der Waals surface area contributed by atoms with Crippen LogP contribution in [0.3, 0.4) is 0 Å². The molecule has 0 bridgehead atoms. The summed E-state index contributed by atoms with van der Waals surface area (Å²) in [5.41, 5.74) is 0. The van der Waals surface area contributed by atoms with Crippen molar-refractivity contribution in [2.45, 2.75) is 83.7 Å². The highest BCUT2D eigenvalue weighted by Crippen LogP contribution is 2.12. The molecule has 0 aliphatic carbocycles. The number of aliphatic hydroxyl groups excluding tert-OH is 1. The van der Waals surface area contributed by atoms with E-state index in [1.807, 2.05) is 0 Å². The summed E-state index contributed by atoms with van der Waals surface area (Å²) in [4.78, 5) is 10.9. The van der Waals surface area contributed by atoms with Crippen LogP contribution in [0.15, 0.2) is 0 Å². The molecule has 0 aromatic rings. The molecule has 0 heterocycles. The summed E-state index contributed by atoms with van der Waals surface area (Å²) in [6.45, 7) is 2.15. The maximum atomic E-state index is 10.9. The van der Waals surface area contributed by atoms with Crippen molar-refractivity contribution in [2.24, 2.45) is 0 Å². The third kappa shape index (κ3) is 11.9. The molecule has 0 rings (SSSR count). The third-order valence-corrected chi connectivity index (χ3v) is 3.29. The van der Waals surface area contributed by atoms with E-state index in [0.29, 0.717) is 6.42 Å². The molecular weight excluding hydrogens is 228 g/mol. The Morgan fingerprint density at radius 2 is 1.56 bits per heavy atom. The van der Waals surface area contributed by atoms with Crippen LogP contribution in [0.4, 0.5) is 0 Å². The smallest absolute Gasteiger partial charge is 0.305 e. The van der Waals surface area contributed by atoms with Gasteiger partial charge in [0.15, 0.2) is 0 Å². The Kier molecular flexibility index (Phi) is 12.5. The number of ether oxygens (including phenoxy) is 1. The van der Waals surface area contributed by atoms with Crippen molar-refractivity contribution in [3.8, 4) is 0 Å². The molecule has 3 heteroatoms. The zero-order valence-corrected chi connectivity index (χ0v) is 12.1. The lowest BCUT2D eigenvalue weighted by Crippen LogP contribution is -2.05. The van der Waals surface area contributed by atoms with Crippen LogP contribution in [0, 0.1) is 0 Å². The molecule has 0 aromatic carbocycles. The van der Waals surface area contributed by atoms with Crippen molar-refractivity contribution in [3.63, 3.8) is 0 Å². The van der Waals surface area contributed by atoms with Gasteiger partial charge in [0.2, 0.25) is 0 Å². The van der Waals surface area contributed by atoms with Gasteiger partial charge in [-0.3, -0.25) is 4.79 Å². The van der Waals surface area contributed by atoms with Gasteiger partial charge in [-0.2, -0.15) is 0 Å². The van der Waals surface area contributed by atoms with Gasteiger partial charge in [-0.15, -0.1) is 0 Å². The fraction of sp³-hybridized carbons (Fsp3) is 0.933. The third-order valence-electron chi connectivity index (χ3n) is 3.29. The summed E-state index contributed by atoms with van der Waals surface area (Å²) in [5.74, 6) is -0.103. The van der Waals surface area contributed by atoms with Crippen molar-refractivity contribution in [1.29, 1.82) is 0 Å². The van der Waals surface area contributed by atoms with E-state index < -0.39 is 0 Å². The molecule has 18 heavy (non-hydrogen) atoms. The number of hydrogen-bond acceptors (Lipinski definition) is 3. The van der Waals surface area contributed by atoms with Crippen LogP contribution >= 0.6 is 0 Å². The second-order valence-electron chi connectivity index (χ2n) is 5.03. The van der Waals surface area contributed by atoms with E-state index in [1.165, 1.54) is 26.4 Å². The van der Waals surface area contributed by atoms with Gasteiger partial charge < -0.3 is 9.84 Å². The molecule has 0 saturated heterocycles. The minimum absolute atomic E-state index is 0.0933. The van der Waals surface area contributed by atoms with Crippen LogP contribution in [0.5, 0.6) is 0 Å². The molecule has 0 radical (unpaired) electrons. The normalized spacial score (nSPS) is 12.4. The summed E-state index contributed by atoms with van der Waals surface area (Å²) in [5, 5.41) is 9.66. The number of unbranched alkanes of at least 4 members (excludes halogenated alkanes) is 6. The molecule has 0 fully saturated rings. The summed E-state index contributed by atoms with van der Waals surface area (Å²) in [6.07, 6.45) is 11.4. The van der Waals surface area contributed by atoms with Crippen molar-refractivity contribution in [1.82, 2.24) is 0 Å². The van der Waals surface area contributed by atoms with Crippen LogP contribution < -0.4 is 0 Å². The van der Waals surface area contributed by atoms with E-state index in [1.54, 1.807) is 0 Å². The van der Waals surface area contributed by atoms with Crippen LogP contribution in [0.2, 0.25) is 0 Å². The lowest BCUT2D eigenvalue weighted by molar-refractivity contribution is -0.140. The van der Waals surface area contributed by atoms with Gasteiger partial charge in [0.25, 0.3) is 0 Å². The fourth-order valence-corrected chi connectivity index (χ4v) is 2.04. The molecule has 0 amide bonds. The molecule has 0 spiro atoms. The molecular formula is C15H30O3. The number of esters is 1. The summed E-state index contributed by atoms with van der Waals surface area (Å²) in [7, 11) is 1.44. The fourth-order valence-electron chi connectivity index (χ4n) is 2.04. The van der Waals surface area contributed by atoms with Gasteiger partial charge in [-0.05, 0) is 19.3 Å². The maximum absolute atomic E-state index is 10.9. The van der Waals surface area contributed by atoms with Crippen molar-refractivity contribution >= 4 is 5.97 Å². The predicted molar refractivity (Wildman–Crippen MR) is 74.5 cm³/mol. The Balaban J connectivity index is 3.13. The first-order chi connectivity index (χ1) is 8.70. The van der Waals surface area contributed by atoms with Crippen molar-refractivity contribution < 1.29 is 14.6 Å². The molecule has 1 unspecified atom stereocenters. The Hall–Kier alpha value is -0.570. The highest BCUT2D eigenvalue weighted by Gasteiger charge is 2.03. The van der Waals surface area contributed by atoms with E-state index in [0.717, 1.165) is 44.9 Å². The Labute approximate surface area is 112 Å². The van der Waals surface area contributed by atoms with Crippen LogP contribution in [0.1, 0.15) is 77.6 Å². The number of methoxy groups -OCH3 is 1. The Morgan fingerprint density at radius 1 is 1.00 bits per heavy atom. The molecule has 0 saturated carbocycles. The topological polar surface area (TPSA) is 46.5 Å². The van der Waals surface area contributed by atoms with Crippen molar-refractivity contribution in [3.05, 3.63) is 0 Å². The average Bonchev–Trinajstić information content (AvgIpc) is 2.38. The predicted octanol–water partition coefficient (Wildman–Crippen LogP) is 3.83. The summed E-state index contributed by atoms with van der Waals surface area (Å²) < 4.78 is 4.59. The van der Waals surface area contributed by atoms with Crippen LogP contribution in [0.25, 0.3) is 0 Å². The second kappa shape index (κ2) is 12.9. The first kappa shape index (κ1) is 17.4. The van der Waals surface area contributed by atoms with E-state index >= 15 is 0 Å². The van der Waals surface area contributed by atoms with Gasteiger partial charge in [0, 0.05) is 6.42 Å². The summed E-state index contributed by atoms with van der Waals surface area (Å²) in [6, 6.07) is 0. The summed E-state index contributed by atoms with van der Waals surface area (Å²) >= 11 is 0. The highest BCUT2D eigenvalue weighted by molar-refractivity contribution is 5.68. The van der Waals surface area contributed by atoms with Gasteiger partial charge in [-0.25, -0.2) is 0 Å². The minimum atomic E-state index is -0.103. The molecule has 3 nitrogen and oxygen atoms in total. The molecule has 1 atom stereocenters. The molecule has 0 aliphatic heterocycles. The number of carbonyl (C=O) groups excluding carboxylic acids is 1. The first-order valence-electron chi connectivity index (χ1n) is 7.45. The zero-order chi connectivity index (χ0) is 13.6. The number of carbonyl (C=O) groups is 1. The van der Waals surface area contributed by atoms with Gasteiger partial charge in [0.05, 0.1) is 13.2 Å². The lowest BCUT2D eigenvalue weighted by Gasteiger charge is -2.09. The Morgan fingerprint density at radius 3 is 2.17 bits per heavy atom. The molecule has 0 aromatic heterocycles. The molecule has 108 valence electrons.